The van der Waals surface area contributed by atoms with Gasteiger partial charge in [0, 0.05) is 24.4 Å². The van der Waals surface area contributed by atoms with Crippen LogP contribution in [0.25, 0.3) is 0 Å². The summed E-state index contributed by atoms with van der Waals surface area (Å²) in [7, 11) is 0. The van der Waals surface area contributed by atoms with Gasteiger partial charge in [-0.15, -0.1) is 0 Å². The Balaban J connectivity index is 2.91. The quantitative estimate of drug-likeness (QED) is 0.807. The van der Waals surface area contributed by atoms with Crippen molar-refractivity contribution in [3.8, 4) is 0 Å². The maximum Gasteiger partial charge on any atom is 0.433 e. The summed E-state index contributed by atoms with van der Waals surface area (Å²) in [6.07, 6.45) is -4.48. The van der Waals surface area contributed by atoms with Gasteiger partial charge in [0.05, 0.1) is 0 Å². The third-order valence-corrected chi connectivity index (χ3v) is 3.46. The van der Waals surface area contributed by atoms with E-state index in [1.807, 2.05) is 13.8 Å². The topological polar surface area (TPSA) is 49.8 Å². The van der Waals surface area contributed by atoms with Crippen molar-refractivity contribution in [1.29, 1.82) is 0 Å². The van der Waals surface area contributed by atoms with Gasteiger partial charge in [0.1, 0.15) is 5.82 Å². The predicted octanol–water partition coefficient (Wildman–Crippen LogP) is 3.48. The van der Waals surface area contributed by atoms with Gasteiger partial charge < -0.3 is 10.6 Å². The maximum absolute atomic E-state index is 12.8. The van der Waals surface area contributed by atoms with Crippen LogP contribution in [0.15, 0.2) is 6.07 Å². The minimum Gasteiger partial charge on any atom is -0.367 e. The first-order chi connectivity index (χ1) is 9.36. The molecule has 0 fully saturated rings. The van der Waals surface area contributed by atoms with E-state index in [9.17, 15) is 13.2 Å². The number of halogens is 3. The smallest absolute Gasteiger partial charge is 0.367 e. The summed E-state index contributed by atoms with van der Waals surface area (Å²) in [5.41, 5.74) is -0.943. The first-order valence-electron chi connectivity index (χ1n) is 6.41. The summed E-state index contributed by atoms with van der Waals surface area (Å²) < 4.78 is 38.3. The van der Waals surface area contributed by atoms with Crippen molar-refractivity contribution in [2.45, 2.75) is 33.0 Å². The Bertz CT molecular complexity index is 426. The summed E-state index contributed by atoms with van der Waals surface area (Å²) in [5.74, 6) is 1.94. The molecule has 4 nitrogen and oxygen atoms in total. The minimum atomic E-state index is -4.48. The molecule has 0 radical (unpaired) electrons. The Morgan fingerprint density at radius 3 is 2.55 bits per heavy atom. The molecule has 0 spiro atoms. The van der Waals surface area contributed by atoms with Crippen molar-refractivity contribution < 1.29 is 13.2 Å². The third-order valence-electron chi connectivity index (χ3n) is 2.32. The molecule has 1 aromatic heterocycles. The Morgan fingerprint density at radius 2 is 2.00 bits per heavy atom. The van der Waals surface area contributed by atoms with Crippen LogP contribution in [0.4, 0.5) is 24.9 Å². The second-order valence-corrected chi connectivity index (χ2v) is 5.51. The zero-order valence-electron chi connectivity index (χ0n) is 11.7. The fourth-order valence-corrected chi connectivity index (χ4v) is 2.16. The van der Waals surface area contributed by atoms with E-state index in [1.54, 1.807) is 18.7 Å². The summed E-state index contributed by atoms with van der Waals surface area (Å²) in [4.78, 5) is 7.51. The average Bonchev–Trinajstić information content (AvgIpc) is 2.35. The summed E-state index contributed by atoms with van der Waals surface area (Å²) in [6, 6.07) is 0.971. The van der Waals surface area contributed by atoms with Gasteiger partial charge in [0.25, 0.3) is 0 Å². The molecule has 0 aliphatic heterocycles. The van der Waals surface area contributed by atoms with E-state index in [0.29, 0.717) is 6.54 Å². The van der Waals surface area contributed by atoms with Crippen molar-refractivity contribution >= 4 is 23.5 Å². The molecule has 0 aliphatic carbocycles. The molecule has 1 aromatic rings. The number of thioether (sulfide) groups is 1. The highest BCUT2D eigenvalue weighted by atomic mass is 32.2. The van der Waals surface area contributed by atoms with E-state index >= 15 is 0 Å². The molecule has 0 aliphatic rings. The fraction of sp³-hybridized carbons (Fsp3) is 0.667. The van der Waals surface area contributed by atoms with Crippen LogP contribution >= 0.6 is 11.8 Å². The molecule has 2 N–H and O–H groups in total. The molecule has 0 aromatic carbocycles. The van der Waals surface area contributed by atoms with Gasteiger partial charge in [-0.2, -0.15) is 29.9 Å². The van der Waals surface area contributed by atoms with E-state index in [1.165, 1.54) is 0 Å². The fourth-order valence-electron chi connectivity index (χ4n) is 1.49. The summed E-state index contributed by atoms with van der Waals surface area (Å²) in [6.45, 7) is 6.18. The van der Waals surface area contributed by atoms with Gasteiger partial charge in [0.2, 0.25) is 5.95 Å². The van der Waals surface area contributed by atoms with Gasteiger partial charge in [-0.25, -0.2) is 4.98 Å². The lowest BCUT2D eigenvalue weighted by Gasteiger charge is -2.16. The van der Waals surface area contributed by atoms with Crippen LogP contribution in [0, 0.1) is 0 Å². The Kier molecular flexibility index (Phi) is 6.38. The van der Waals surface area contributed by atoms with Gasteiger partial charge in [-0.05, 0) is 19.6 Å². The standard InChI is InChI=1S/C12H19F3N4S/c1-4-16-11-18-9(12(13,14)15)6-10(19-11)17-8(3)7-20-5-2/h6,8H,4-5,7H2,1-3H3,(H2,16,17,18,19). The van der Waals surface area contributed by atoms with Gasteiger partial charge in [0.15, 0.2) is 5.69 Å². The van der Waals surface area contributed by atoms with Crippen LogP contribution < -0.4 is 10.6 Å². The van der Waals surface area contributed by atoms with Crippen molar-refractivity contribution in [3.63, 3.8) is 0 Å². The molecule has 1 unspecified atom stereocenters. The molecule has 0 amide bonds. The van der Waals surface area contributed by atoms with Crippen molar-refractivity contribution in [3.05, 3.63) is 11.8 Å². The molecule has 114 valence electrons. The number of hydrogen-bond donors (Lipinski definition) is 2. The molecular formula is C12H19F3N4S. The predicted molar refractivity (Wildman–Crippen MR) is 77.3 cm³/mol. The Morgan fingerprint density at radius 1 is 1.30 bits per heavy atom. The Labute approximate surface area is 121 Å². The number of nitrogens with zero attached hydrogens (tertiary/aromatic N) is 2. The molecule has 0 bridgehead atoms. The van der Waals surface area contributed by atoms with Gasteiger partial charge in [-0.1, -0.05) is 6.92 Å². The largest absolute Gasteiger partial charge is 0.433 e. The molecular weight excluding hydrogens is 289 g/mol. The highest BCUT2D eigenvalue weighted by molar-refractivity contribution is 7.99. The lowest BCUT2D eigenvalue weighted by atomic mass is 10.3. The normalized spacial score (nSPS) is 13.1. The number of alkyl halides is 3. The molecule has 0 saturated heterocycles. The van der Waals surface area contributed by atoms with E-state index in [-0.39, 0.29) is 17.8 Å². The first kappa shape index (κ1) is 16.9. The van der Waals surface area contributed by atoms with Crippen molar-refractivity contribution in [2.75, 3.05) is 28.7 Å². The minimum absolute atomic E-state index is 0.0137. The van der Waals surface area contributed by atoms with Crippen molar-refractivity contribution in [1.82, 2.24) is 9.97 Å². The molecule has 1 atom stereocenters. The van der Waals surface area contributed by atoms with E-state index in [0.717, 1.165) is 17.6 Å². The van der Waals surface area contributed by atoms with Crippen LogP contribution in [0.5, 0.6) is 0 Å². The zero-order valence-corrected chi connectivity index (χ0v) is 12.5. The second kappa shape index (κ2) is 7.56. The summed E-state index contributed by atoms with van der Waals surface area (Å²) >= 11 is 1.72. The molecule has 1 heterocycles. The average molecular weight is 308 g/mol. The third kappa shape index (κ3) is 5.44. The molecule has 1 rings (SSSR count). The Hall–Kier alpha value is -1.18. The van der Waals surface area contributed by atoms with Crippen LogP contribution in [0.3, 0.4) is 0 Å². The van der Waals surface area contributed by atoms with Crippen molar-refractivity contribution in [2.24, 2.45) is 0 Å². The van der Waals surface area contributed by atoms with E-state index < -0.39 is 11.9 Å². The van der Waals surface area contributed by atoms with E-state index in [2.05, 4.69) is 20.6 Å². The summed E-state index contributed by atoms with van der Waals surface area (Å²) in [5, 5.41) is 5.69. The highest BCUT2D eigenvalue weighted by Gasteiger charge is 2.33. The SMILES string of the molecule is CCNc1nc(NC(C)CSCC)cc(C(F)(F)F)n1. The van der Waals surface area contributed by atoms with E-state index in [4.69, 9.17) is 0 Å². The molecule has 20 heavy (non-hydrogen) atoms. The monoisotopic (exact) mass is 308 g/mol. The first-order valence-corrected chi connectivity index (χ1v) is 7.56. The zero-order chi connectivity index (χ0) is 15.2. The number of anilines is 2. The van der Waals surface area contributed by atoms with Crippen LogP contribution in [0.2, 0.25) is 0 Å². The number of hydrogen-bond acceptors (Lipinski definition) is 5. The second-order valence-electron chi connectivity index (χ2n) is 4.19. The lowest BCUT2D eigenvalue weighted by Crippen LogP contribution is -2.21. The maximum atomic E-state index is 12.8. The van der Waals surface area contributed by atoms with Crippen LogP contribution in [0.1, 0.15) is 26.5 Å². The van der Waals surface area contributed by atoms with Crippen LogP contribution in [-0.2, 0) is 6.18 Å². The number of aromatic nitrogens is 2. The van der Waals surface area contributed by atoms with Gasteiger partial charge >= 0.3 is 6.18 Å². The lowest BCUT2D eigenvalue weighted by molar-refractivity contribution is -0.141. The number of rotatable bonds is 7. The number of nitrogens with one attached hydrogen (secondary N) is 2. The van der Waals surface area contributed by atoms with Gasteiger partial charge in [-0.3, -0.25) is 0 Å². The highest BCUT2D eigenvalue weighted by Crippen LogP contribution is 2.29. The molecule has 0 saturated carbocycles. The molecule has 8 heteroatoms. The van der Waals surface area contributed by atoms with Crippen LogP contribution in [-0.4, -0.2) is 34.1 Å².